The van der Waals surface area contributed by atoms with E-state index in [0.29, 0.717) is 18.9 Å². The molecule has 26 heavy (non-hydrogen) atoms. The smallest absolute Gasteiger partial charge is 0.312 e. The number of morpholine rings is 1. The second-order valence-corrected chi connectivity index (χ2v) is 6.41. The minimum atomic E-state index is -0.676. The Balaban J connectivity index is 1.98. The molecule has 0 amide bonds. The maximum atomic E-state index is 11.0. The second-order valence-electron chi connectivity index (χ2n) is 5.97. The van der Waals surface area contributed by atoms with Crippen molar-refractivity contribution in [1.82, 2.24) is 0 Å². The molecule has 1 N–H and O–H groups in total. The lowest BCUT2D eigenvalue weighted by molar-refractivity contribution is -0.385. The van der Waals surface area contributed by atoms with Crippen LogP contribution in [0.15, 0.2) is 35.3 Å². The minimum Gasteiger partial charge on any atom is -0.502 e. The van der Waals surface area contributed by atoms with Crippen LogP contribution in [0.25, 0.3) is 0 Å². The molecule has 0 spiro atoms. The van der Waals surface area contributed by atoms with E-state index in [1.165, 1.54) is 12.3 Å². The van der Waals surface area contributed by atoms with Gasteiger partial charge in [-0.25, -0.2) is 0 Å². The molecule has 3 rings (SSSR count). The van der Waals surface area contributed by atoms with Crippen molar-refractivity contribution in [3.63, 3.8) is 0 Å². The Bertz CT molecular complexity index is 864. The molecule has 1 aliphatic heterocycles. The van der Waals surface area contributed by atoms with Crippen LogP contribution in [0.5, 0.6) is 5.75 Å². The topological polar surface area (TPSA) is 88.2 Å². The Hall–Kier alpha value is -2.64. The number of aryl methyl sites for hydroxylation is 1. The van der Waals surface area contributed by atoms with E-state index >= 15 is 0 Å². The Morgan fingerprint density at radius 2 is 2.04 bits per heavy atom. The molecule has 0 radical (unpaired) electrons. The van der Waals surface area contributed by atoms with Crippen molar-refractivity contribution in [3.05, 3.63) is 56.6 Å². The van der Waals surface area contributed by atoms with Gasteiger partial charge in [0.15, 0.2) is 0 Å². The van der Waals surface area contributed by atoms with Gasteiger partial charge in [0.25, 0.3) is 0 Å². The summed E-state index contributed by atoms with van der Waals surface area (Å²) in [4.78, 5) is 17.0. The molecule has 1 heterocycles. The number of rotatable bonds is 4. The van der Waals surface area contributed by atoms with Crippen molar-refractivity contribution >= 4 is 34.9 Å². The zero-order valence-corrected chi connectivity index (χ0v) is 14.9. The van der Waals surface area contributed by atoms with Gasteiger partial charge in [-0.05, 0) is 30.7 Å². The van der Waals surface area contributed by atoms with Crippen molar-refractivity contribution in [2.75, 3.05) is 31.2 Å². The number of aromatic hydroxyl groups is 1. The van der Waals surface area contributed by atoms with Crippen LogP contribution in [-0.2, 0) is 4.74 Å². The van der Waals surface area contributed by atoms with Crippen LogP contribution < -0.4 is 4.90 Å². The molecular formula is C18H18ClN3O4. The predicted octanol–water partition coefficient (Wildman–Crippen LogP) is 3.85. The first-order valence-corrected chi connectivity index (χ1v) is 8.48. The van der Waals surface area contributed by atoms with Gasteiger partial charge >= 0.3 is 5.69 Å². The summed E-state index contributed by atoms with van der Waals surface area (Å²) in [7, 11) is 0. The highest BCUT2D eigenvalue weighted by Crippen LogP contribution is 2.34. The molecule has 0 atom stereocenters. The van der Waals surface area contributed by atoms with Crippen molar-refractivity contribution in [3.8, 4) is 5.75 Å². The van der Waals surface area contributed by atoms with Gasteiger partial charge < -0.3 is 14.7 Å². The molecule has 1 aliphatic rings. The molecule has 2 aromatic rings. The summed E-state index contributed by atoms with van der Waals surface area (Å²) >= 11 is 5.93. The fourth-order valence-electron chi connectivity index (χ4n) is 2.79. The lowest BCUT2D eigenvalue weighted by Gasteiger charge is -2.29. The van der Waals surface area contributed by atoms with E-state index in [2.05, 4.69) is 9.89 Å². The van der Waals surface area contributed by atoms with Gasteiger partial charge in [-0.3, -0.25) is 15.1 Å². The molecule has 1 fully saturated rings. The summed E-state index contributed by atoms with van der Waals surface area (Å²) < 4.78 is 5.39. The molecule has 136 valence electrons. The number of nitro benzene ring substituents is 1. The molecule has 0 unspecified atom stereocenters. The van der Waals surface area contributed by atoms with E-state index in [1.807, 2.05) is 25.1 Å². The SMILES string of the molecule is Cc1ccc(N2CCOCC2)c(N=Cc2cc(Cl)cc([N+](=O)[O-])c2O)c1. The molecule has 8 heteroatoms. The summed E-state index contributed by atoms with van der Waals surface area (Å²) in [6.07, 6.45) is 1.40. The van der Waals surface area contributed by atoms with Gasteiger partial charge in [0.05, 0.1) is 29.5 Å². The molecule has 0 aromatic heterocycles. The largest absolute Gasteiger partial charge is 0.502 e. The first kappa shape index (κ1) is 18.2. The molecular weight excluding hydrogens is 358 g/mol. The normalized spacial score (nSPS) is 14.8. The lowest BCUT2D eigenvalue weighted by Crippen LogP contribution is -2.36. The highest BCUT2D eigenvalue weighted by atomic mass is 35.5. The Morgan fingerprint density at radius 1 is 1.31 bits per heavy atom. The summed E-state index contributed by atoms with van der Waals surface area (Å²) in [5.74, 6) is -0.455. The molecule has 0 aliphatic carbocycles. The number of hydrogen-bond donors (Lipinski definition) is 1. The molecule has 1 saturated heterocycles. The maximum Gasteiger partial charge on any atom is 0.312 e. The van der Waals surface area contributed by atoms with Crippen molar-refractivity contribution in [2.24, 2.45) is 4.99 Å². The van der Waals surface area contributed by atoms with Crippen molar-refractivity contribution in [1.29, 1.82) is 0 Å². The fourth-order valence-corrected chi connectivity index (χ4v) is 3.01. The number of nitro groups is 1. The van der Waals surface area contributed by atoms with Crippen LogP contribution >= 0.6 is 11.6 Å². The van der Waals surface area contributed by atoms with E-state index in [9.17, 15) is 15.2 Å². The third-order valence-corrected chi connectivity index (χ3v) is 4.32. The van der Waals surface area contributed by atoms with Gasteiger partial charge in [-0.2, -0.15) is 0 Å². The number of halogens is 1. The van der Waals surface area contributed by atoms with Crippen LogP contribution in [0.3, 0.4) is 0 Å². The summed E-state index contributed by atoms with van der Waals surface area (Å²) in [6.45, 7) is 4.79. The van der Waals surface area contributed by atoms with E-state index in [0.717, 1.165) is 30.4 Å². The number of phenolic OH excluding ortho intramolecular Hbond substituents is 1. The van der Waals surface area contributed by atoms with Crippen molar-refractivity contribution in [2.45, 2.75) is 6.92 Å². The number of aliphatic imine (C=N–C) groups is 1. The molecule has 2 aromatic carbocycles. The summed E-state index contributed by atoms with van der Waals surface area (Å²) in [5, 5.41) is 21.3. The second kappa shape index (κ2) is 7.72. The lowest BCUT2D eigenvalue weighted by atomic mass is 10.1. The minimum absolute atomic E-state index is 0.161. The highest BCUT2D eigenvalue weighted by Gasteiger charge is 2.18. The summed E-state index contributed by atoms with van der Waals surface area (Å²) in [5.41, 5.74) is 2.45. The van der Waals surface area contributed by atoms with Crippen LogP contribution in [0.1, 0.15) is 11.1 Å². The molecule has 7 nitrogen and oxygen atoms in total. The van der Waals surface area contributed by atoms with Crippen LogP contribution in [0.4, 0.5) is 17.1 Å². The highest BCUT2D eigenvalue weighted by molar-refractivity contribution is 6.31. The average molecular weight is 376 g/mol. The fraction of sp³-hybridized carbons (Fsp3) is 0.278. The summed E-state index contributed by atoms with van der Waals surface area (Å²) in [6, 6.07) is 8.48. The number of nitrogens with zero attached hydrogens (tertiary/aromatic N) is 3. The standard InChI is InChI=1S/C18H18ClN3O4/c1-12-2-3-16(21-4-6-26-7-5-21)15(8-12)20-11-13-9-14(19)10-17(18(13)23)22(24)25/h2-3,8-11,23H,4-7H2,1H3. The van der Waals surface area contributed by atoms with Gasteiger partial charge in [0, 0.05) is 36.0 Å². The first-order chi connectivity index (χ1) is 12.5. The zero-order chi connectivity index (χ0) is 18.7. The Morgan fingerprint density at radius 3 is 2.73 bits per heavy atom. The van der Waals surface area contributed by atoms with Crippen LogP contribution in [-0.4, -0.2) is 42.5 Å². The van der Waals surface area contributed by atoms with Gasteiger partial charge in [0.2, 0.25) is 5.75 Å². The van der Waals surface area contributed by atoms with Gasteiger partial charge in [0.1, 0.15) is 0 Å². The number of benzene rings is 2. The Labute approximate surface area is 155 Å². The molecule has 0 saturated carbocycles. The average Bonchev–Trinajstić information content (AvgIpc) is 2.62. The van der Waals surface area contributed by atoms with Gasteiger partial charge in [-0.15, -0.1) is 0 Å². The zero-order valence-electron chi connectivity index (χ0n) is 14.2. The maximum absolute atomic E-state index is 11.0. The number of anilines is 1. The Kier molecular flexibility index (Phi) is 5.39. The van der Waals surface area contributed by atoms with Crippen LogP contribution in [0.2, 0.25) is 5.02 Å². The van der Waals surface area contributed by atoms with E-state index < -0.39 is 16.4 Å². The predicted molar refractivity (Wildman–Crippen MR) is 101 cm³/mol. The monoisotopic (exact) mass is 375 g/mol. The number of phenols is 1. The van der Waals surface area contributed by atoms with E-state index in [-0.39, 0.29) is 10.6 Å². The molecule has 0 bridgehead atoms. The van der Waals surface area contributed by atoms with Gasteiger partial charge in [-0.1, -0.05) is 17.7 Å². The number of hydrogen-bond acceptors (Lipinski definition) is 6. The third-order valence-electron chi connectivity index (χ3n) is 4.11. The van der Waals surface area contributed by atoms with E-state index in [4.69, 9.17) is 16.3 Å². The van der Waals surface area contributed by atoms with Crippen LogP contribution in [0, 0.1) is 17.0 Å². The number of ether oxygens (including phenoxy) is 1. The first-order valence-electron chi connectivity index (χ1n) is 8.10. The quantitative estimate of drug-likeness (QED) is 0.498. The van der Waals surface area contributed by atoms with Crippen molar-refractivity contribution < 1.29 is 14.8 Å². The van der Waals surface area contributed by atoms with E-state index in [1.54, 1.807) is 0 Å². The third kappa shape index (κ3) is 3.95.